The normalized spacial score (nSPS) is 12.7. The van der Waals surface area contributed by atoms with E-state index in [4.69, 9.17) is 10.3 Å². The Balaban J connectivity index is 1.99. The highest BCUT2D eigenvalue weighted by atomic mass is 16.5. The van der Waals surface area contributed by atoms with Crippen LogP contribution in [0.4, 0.5) is 0 Å². The number of nitrogens with zero attached hydrogens (tertiary/aromatic N) is 2. The Labute approximate surface area is 117 Å². The van der Waals surface area contributed by atoms with Crippen LogP contribution in [0, 0.1) is 0 Å². The van der Waals surface area contributed by atoms with Crippen LogP contribution in [0.25, 0.3) is 22.2 Å². The lowest BCUT2D eigenvalue weighted by Gasteiger charge is -2.03. The van der Waals surface area contributed by atoms with Crippen molar-refractivity contribution in [2.24, 2.45) is 5.73 Å². The predicted molar refractivity (Wildman–Crippen MR) is 79.2 cm³/mol. The number of hydrogen-bond acceptors (Lipinski definition) is 4. The second kappa shape index (κ2) is 5.43. The van der Waals surface area contributed by atoms with Crippen LogP contribution in [-0.4, -0.2) is 16.2 Å². The Morgan fingerprint density at radius 1 is 1.15 bits per heavy atom. The fourth-order valence-corrected chi connectivity index (χ4v) is 2.24. The molecule has 102 valence electrons. The Bertz CT molecular complexity index is 715. The molecule has 4 heteroatoms. The third kappa shape index (κ3) is 2.42. The van der Waals surface area contributed by atoms with E-state index in [0.29, 0.717) is 18.1 Å². The average Bonchev–Trinajstić information content (AvgIpc) is 2.94. The van der Waals surface area contributed by atoms with E-state index in [-0.39, 0.29) is 6.04 Å². The molecule has 3 rings (SSSR count). The van der Waals surface area contributed by atoms with Crippen molar-refractivity contribution in [1.29, 1.82) is 0 Å². The summed E-state index contributed by atoms with van der Waals surface area (Å²) in [4.78, 5) is 4.46. The molecule has 0 spiro atoms. The van der Waals surface area contributed by atoms with Gasteiger partial charge in [-0.3, -0.25) is 0 Å². The van der Waals surface area contributed by atoms with Gasteiger partial charge in [-0.05, 0) is 23.3 Å². The van der Waals surface area contributed by atoms with Crippen molar-refractivity contribution in [1.82, 2.24) is 10.1 Å². The molecule has 1 aromatic heterocycles. The molecule has 1 unspecified atom stereocenters. The van der Waals surface area contributed by atoms with Gasteiger partial charge in [0.1, 0.15) is 0 Å². The molecule has 2 aromatic carbocycles. The van der Waals surface area contributed by atoms with Crippen molar-refractivity contribution < 1.29 is 4.52 Å². The quantitative estimate of drug-likeness (QED) is 0.788. The van der Waals surface area contributed by atoms with E-state index < -0.39 is 0 Å². The lowest BCUT2D eigenvalue weighted by molar-refractivity contribution is 0.419. The molecule has 0 aliphatic heterocycles. The van der Waals surface area contributed by atoms with Crippen LogP contribution in [0.15, 0.2) is 47.0 Å². The number of fused-ring (bicyclic) bond motifs is 1. The zero-order valence-electron chi connectivity index (χ0n) is 11.4. The van der Waals surface area contributed by atoms with Crippen LogP contribution < -0.4 is 5.73 Å². The van der Waals surface area contributed by atoms with Gasteiger partial charge in [-0.2, -0.15) is 4.98 Å². The largest absolute Gasteiger partial charge is 0.334 e. The summed E-state index contributed by atoms with van der Waals surface area (Å²) in [6, 6.07) is 14.3. The molecule has 1 atom stereocenters. The smallest absolute Gasteiger partial charge is 0.258 e. The summed E-state index contributed by atoms with van der Waals surface area (Å²) < 4.78 is 5.39. The van der Waals surface area contributed by atoms with Gasteiger partial charge in [0.05, 0.1) is 0 Å². The number of hydrogen-bond donors (Lipinski definition) is 1. The van der Waals surface area contributed by atoms with Crippen LogP contribution in [0.3, 0.4) is 0 Å². The molecule has 0 saturated heterocycles. The molecule has 0 fully saturated rings. The monoisotopic (exact) mass is 267 g/mol. The molecule has 20 heavy (non-hydrogen) atoms. The third-order valence-electron chi connectivity index (χ3n) is 3.46. The van der Waals surface area contributed by atoms with Crippen molar-refractivity contribution in [2.45, 2.75) is 25.8 Å². The summed E-state index contributed by atoms with van der Waals surface area (Å²) in [5, 5.41) is 6.30. The molecule has 0 aliphatic rings. The molecule has 0 radical (unpaired) electrons. The highest BCUT2D eigenvalue weighted by Crippen LogP contribution is 2.27. The number of aromatic nitrogens is 2. The van der Waals surface area contributed by atoms with Gasteiger partial charge < -0.3 is 10.3 Å². The summed E-state index contributed by atoms with van der Waals surface area (Å²) in [6.07, 6.45) is 1.54. The van der Waals surface area contributed by atoms with E-state index in [9.17, 15) is 0 Å². The predicted octanol–water partition coefficient (Wildman–Crippen LogP) is 3.17. The summed E-state index contributed by atoms with van der Waals surface area (Å²) >= 11 is 0. The zero-order valence-corrected chi connectivity index (χ0v) is 11.4. The van der Waals surface area contributed by atoms with Crippen molar-refractivity contribution in [3.63, 3.8) is 0 Å². The van der Waals surface area contributed by atoms with Crippen molar-refractivity contribution in [3.05, 3.63) is 48.3 Å². The molecule has 0 bridgehead atoms. The first-order valence-electron chi connectivity index (χ1n) is 6.84. The molecular formula is C16H17N3O. The number of rotatable bonds is 4. The molecular weight excluding hydrogens is 250 g/mol. The van der Waals surface area contributed by atoms with Gasteiger partial charge in [-0.1, -0.05) is 48.5 Å². The van der Waals surface area contributed by atoms with Gasteiger partial charge in [0.25, 0.3) is 5.89 Å². The highest BCUT2D eigenvalue weighted by molar-refractivity contribution is 5.94. The topological polar surface area (TPSA) is 64.9 Å². The summed E-state index contributed by atoms with van der Waals surface area (Å²) in [5.41, 5.74) is 6.89. The van der Waals surface area contributed by atoms with Crippen LogP contribution in [0.1, 0.15) is 19.2 Å². The molecule has 0 aliphatic carbocycles. The first kappa shape index (κ1) is 12.8. The van der Waals surface area contributed by atoms with E-state index in [1.807, 2.05) is 24.3 Å². The van der Waals surface area contributed by atoms with Crippen molar-refractivity contribution >= 4 is 10.8 Å². The maximum absolute atomic E-state index is 5.92. The lowest BCUT2D eigenvalue weighted by Crippen LogP contribution is -2.21. The standard InChI is InChI=1S/C16H17N3O/c1-2-12(17)10-15-18-16(20-19-15)14-9-5-7-11-6-3-4-8-13(11)14/h3-9,12H,2,10,17H2,1H3. The molecule has 2 N–H and O–H groups in total. The van der Waals surface area contributed by atoms with E-state index >= 15 is 0 Å². The minimum atomic E-state index is 0.0768. The highest BCUT2D eigenvalue weighted by Gasteiger charge is 2.13. The SMILES string of the molecule is CCC(N)Cc1noc(-c2cccc3ccccc23)n1. The van der Waals surface area contributed by atoms with Crippen molar-refractivity contribution in [3.8, 4) is 11.5 Å². The Kier molecular flexibility index (Phi) is 3.48. The number of nitrogens with two attached hydrogens (primary N) is 1. The van der Waals surface area contributed by atoms with Gasteiger partial charge in [-0.15, -0.1) is 0 Å². The molecule has 0 amide bonds. The summed E-state index contributed by atoms with van der Waals surface area (Å²) in [6.45, 7) is 2.05. The fourth-order valence-electron chi connectivity index (χ4n) is 2.24. The molecule has 1 heterocycles. The molecule has 3 aromatic rings. The second-order valence-electron chi connectivity index (χ2n) is 4.91. The lowest BCUT2D eigenvalue weighted by atomic mass is 10.0. The van der Waals surface area contributed by atoms with Gasteiger partial charge in [0, 0.05) is 18.0 Å². The van der Waals surface area contributed by atoms with E-state index in [0.717, 1.165) is 22.8 Å². The third-order valence-corrected chi connectivity index (χ3v) is 3.46. The van der Waals surface area contributed by atoms with Gasteiger partial charge >= 0.3 is 0 Å². The maximum Gasteiger partial charge on any atom is 0.258 e. The van der Waals surface area contributed by atoms with Gasteiger partial charge in [-0.25, -0.2) is 0 Å². The van der Waals surface area contributed by atoms with Crippen LogP contribution in [0.2, 0.25) is 0 Å². The Morgan fingerprint density at radius 2 is 1.95 bits per heavy atom. The van der Waals surface area contributed by atoms with Crippen LogP contribution in [0.5, 0.6) is 0 Å². The van der Waals surface area contributed by atoms with E-state index in [1.165, 1.54) is 0 Å². The van der Waals surface area contributed by atoms with Crippen LogP contribution in [-0.2, 0) is 6.42 Å². The first-order chi connectivity index (χ1) is 9.78. The van der Waals surface area contributed by atoms with Gasteiger partial charge in [0.2, 0.25) is 0 Å². The van der Waals surface area contributed by atoms with Crippen LogP contribution >= 0.6 is 0 Å². The van der Waals surface area contributed by atoms with E-state index in [2.05, 4.69) is 35.3 Å². The molecule has 0 saturated carbocycles. The van der Waals surface area contributed by atoms with Crippen molar-refractivity contribution in [2.75, 3.05) is 0 Å². The average molecular weight is 267 g/mol. The van der Waals surface area contributed by atoms with Gasteiger partial charge in [0.15, 0.2) is 5.82 Å². The Morgan fingerprint density at radius 3 is 2.80 bits per heavy atom. The minimum absolute atomic E-state index is 0.0768. The summed E-state index contributed by atoms with van der Waals surface area (Å²) in [7, 11) is 0. The van der Waals surface area contributed by atoms with E-state index in [1.54, 1.807) is 0 Å². The maximum atomic E-state index is 5.92. The second-order valence-corrected chi connectivity index (χ2v) is 4.91. The summed E-state index contributed by atoms with van der Waals surface area (Å²) in [5.74, 6) is 1.22. The first-order valence-corrected chi connectivity index (χ1v) is 6.84. The molecule has 4 nitrogen and oxygen atoms in total. The number of benzene rings is 2. The Hall–Kier alpha value is -2.20. The minimum Gasteiger partial charge on any atom is -0.334 e. The zero-order chi connectivity index (χ0) is 13.9. The fraction of sp³-hybridized carbons (Fsp3) is 0.250.